The van der Waals surface area contributed by atoms with Crippen molar-refractivity contribution in [2.45, 2.75) is 6.42 Å². The molecule has 0 amide bonds. The molecule has 1 aromatic rings. The largest absolute Gasteiger partial charge is 0.385 e. The predicted molar refractivity (Wildman–Crippen MR) is 69.3 cm³/mol. The summed E-state index contributed by atoms with van der Waals surface area (Å²) in [4.78, 5) is 12.7. The Morgan fingerprint density at radius 3 is 2.81 bits per heavy atom. The highest BCUT2D eigenvalue weighted by Crippen LogP contribution is 2.26. The van der Waals surface area contributed by atoms with Crippen LogP contribution in [0.15, 0.2) is 22.7 Å². The maximum absolute atomic E-state index is 10.6. The molecule has 0 bridgehead atoms. The van der Waals surface area contributed by atoms with Gasteiger partial charge in [0.2, 0.25) is 0 Å². The average molecular weight is 286 g/mol. The molecular weight excluding hydrogens is 270 g/mol. The second-order valence-electron chi connectivity index (χ2n) is 3.60. The average Bonchev–Trinajstić information content (AvgIpc) is 2.29. The topological polar surface area (TPSA) is 29.5 Å². The van der Waals surface area contributed by atoms with Crippen LogP contribution in [0.4, 0.5) is 5.69 Å². The highest BCUT2D eigenvalue weighted by molar-refractivity contribution is 9.10. The fraction of sp³-hybridized carbons (Fsp3) is 0.417. The summed E-state index contributed by atoms with van der Waals surface area (Å²) >= 11 is 3.47. The summed E-state index contributed by atoms with van der Waals surface area (Å²) in [5.74, 6) is 0. The van der Waals surface area contributed by atoms with E-state index in [1.165, 1.54) is 0 Å². The molecule has 0 saturated carbocycles. The molecule has 16 heavy (non-hydrogen) atoms. The van der Waals surface area contributed by atoms with Crippen molar-refractivity contribution in [1.82, 2.24) is 0 Å². The Balaban J connectivity index is 2.68. The van der Waals surface area contributed by atoms with Crippen LogP contribution in [0.5, 0.6) is 0 Å². The Kier molecular flexibility index (Phi) is 5.49. The molecule has 1 aromatic carbocycles. The molecule has 0 spiro atoms. The fourth-order valence-electron chi connectivity index (χ4n) is 1.47. The van der Waals surface area contributed by atoms with Crippen LogP contribution in [-0.2, 0) is 4.74 Å². The van der Waals surface area contributed by atoms with Gasteiger partial charge in [-0.1, -0.05) is 0 Å². The first kappa shape index (κ1) is 13.2. The normalized spacial score (nSPS) is 10.2. The zero-order valence-electron chi connectivity index (χ0n) is 9.57. The Hall–Kier alpha value is -0.870. The molecular formula is C12H16BrNO2. The first-order valence-corrected chi connectivity index (χ1v) is 5.93. The van der Waals surface area contributed by atoms with Gasteiger partial charge in [0.15, 0.2) is 0 Å². The number of hydrogen-bond donors (Lipinski definition) is 0. The van der Waals surface area contributed by atoms with Crippen LogP contribution >= 0.6 is 15.9 Å². The van der Waals surface area contributed by atoms with Crippen molar-refractivity contribution < 1.29 is 9.53 Å². The van der Waals surface area contributed by atoms with Crippen LogP contribution in [-0.4, -0.2) is 33.6 Å². The minimum atomic E-state index is 0.681. The molecule has 0 heterocycles. The van der Waals surface area contributed by atoms with Gasteiger partial charge in [-0.3, -0.25) is 4.79 Å². The van der Waals surface area contributed by atoms with Crippen LogP contribution in [0.1, 0.15) is 16.8 Å². The number of aldehydes is 1. The number of carbonyl (C=O) groups excluding carboxylic acids is 1. The third-order valence-electron chi connectivity index (χ3n) is 2.36. The monoisotopic (exact) mass is 285 g/mol. The summed E-state index contributed by atoms with van der Waals surface area (Å²) in [6, 6.07) is 5.59. The number of rotatable bonds is 6. The van der Waals surface area contributed by atoms with E-state index in [9.17, 15) is 4.79 Å². The molecule has 0 aliphatic carbocycles. The Bertz CT molecular complexity index is 355. The summed E-state index contributed by atoms with van der Waals surface area (Å²) < 4.78 is 5.95. The standard InChI is InChI=1S/C12H16BrNO2/c1-14(6-3-7-16-2)12-5-4-10(9-15)8-11(12)13/h4-5,8-9H,3,6-7H2,1-2H3. The molecule has 0 fully saturated rings. The number of halogens is 1. The van der Waals surface area contributed by atoms with Crippen molar-refractivity contribution >= 4 is 27.9 Å². The van der Waals surface area contributed by atoms with Crippen LogP contribution in [0.2, 0.25) is 0 Å². The van der Waals surface area contributed by atoms with E-state index < -0.39 is 0 Å². The molecule has 0 radical (unpaired) electrons. The molecule has 3 nitrogen and oxygen atoms in total. The molecule has 0 saturated heterocycles. The Labute approximate surface area is 105 Å². The first-order chi connectivity index (χ1) is 7.69. The number of methoxy groups -OCH3 is 1. The van der Waals surface area contributed by atoms with Gasteiger partial charge in [-0.25, -0.2) is 0 Å². The molecule has 0 aromatic heterocycles. The van der Waals surface area contributed by atoms with E-state index in [1.807, 2.05) is 25.2 Å². The lowest BCUT2D eigenvalue weighted by molar-refractivity contribution is 0.112. The molecule has 4 heteroatoms. The number of hydrogen-bond acceptors (Lipinski definition) is 3. The predicted octanol–water partition coefficient (Wildman–Crippen LogP) is 2.73. The van der Waals surface area contributed by atoms with Gasteiger partial charge in [0, 0.05) is 37.3 Å². The van der Waals surface area contributed by atoms with Gasteiger partial charge in [-0.15, -0.1) is 0 Å². The summed E-state index contributed by atoms with van der Waals surface area (Å²) in [5, 5.41) is 0. The molecule has 88 valence electrons. The van der Waals surface area contributed by atoms with Crippen molar-refractivity contribution in [2.24, 2.45) is 0 Å². The van der Waals surface area contributed by atoms with Crippen molar-refractivity contribution in [3.8, 4) is 0 Å². The van der Waals surface area contributed by atoms with Crippen LogP contribution in [0, 0.1) is 0 Å². The third-order valence-corrected chi connectivity index (χ3v) is 3.00. The lowest BCUT2D eigenvalue weighted by atomic mass is 10.2. The molecule has 0 unspecified atom stereocenters. The number of ether oxygens (including phenoxy) is 1. The van der Waals surface area contributed by atoms with Crippen LogP contribution < -0.4 is 4.90 Å². The quantitative estimate of drug-likeness (QED) is 0.595. The number of carbonyl (C=O) groups is 1. The highest BCUT2D eigenvalue weighted by Gasteiger charge is 2.05. The fourth-order valence-corrected chi connectivity index (χ4v) is 2.17. The van der Waals surface area contributed by atoms with Gasteiger partial charge < -0.3 is 9.64 Å². The molecule has 0 N–H and O–H groups in total. The van der Waals surface area contributed by atoms with Gasteiger partial charge in [-0.05, 0) is 40.5 Å². The molecule has 0 aliphatic rings. The third kappa shape index (κ3) is 3.61. The zero-order valence-corrected chi connectivity index (χ0v) is 11.2. The van der Waals surface area contributed by atoms with Gasteiger partial charge in [0.1, 0.15) is 6.29 Å². The smallest absolute Gasteiger partial charge is 0.150 e. The van der Waals surface area contributed by atoms with Gasteiger partial charge in [-0.2, -0.15) is 0 Å². The summed E-state index contributed by atoms with van der Waals surface area (Å²) in [5.41, 5.74) is 1.77. The summed E-state index contributed by atoms with van der Waals surface area (Å²) in [6.07, 6.45) is 1.83. The van der Waals surface area contributed by atoms with Crippen molar-refractivity contribution in [3.05, 3.63) is 28.2 Å². The van der Waals surface area contributed by atoms with Crippen LogP contribution in [0.25, 0.3) is 0 Å². The van der Waals surface area contributed by atoms with E-state index in [-0.39, 0.29) is 0 Å². The Morgan fingerprint density at radius 1 is 1.50 bits per heavy atom. The highest BCUT2D eigenvalue weighted by atomic mass is 79.9. The molecule has 1 rings (SSSR count). The zero-order chi connectivity index (χ0) is 12.0. The van der Waals surface area contributed by atoms with E-state index in [0.29, 0.717) is 5.56 Å². The minimum Gasteiger partial charge on any atom is -0.385 e. The van der Waals surface area contributed by atoms with Crippen molar-refractivity contribution in [3.63, 3.8) is 0 Å². The summed E-state index contributed by atoms with van der Waals surface area (Å²) in [7, 11) is 3.73. The maximum atomic E-state index is 10.6. The first-order valence-electron chi connectivity index (χ1n) is 5.14. The van der Waals surface area contributed by atoms with E-state index in [4.69, 9.17) is 4.74 Å². The molecule has 0 aliphatic heterocycles. The SMILES string of the molecule is COCCCN(C)c1ccc(C=O)cc1Br. The van der Waals surface area contributed by atoms with E-state index >= 15 is 0 Å². The van der Waals surface area contributed by atoms with Crippen LogP contribution in [0.3, 0.4) is 0 Å². The van der Waals surface area contributed by atoms with Gasteiger partial charge >= 0.3 is 0 Å². The van der Waals surface area contributed by atoms with E-state index in [1.54, 1.807) is 7.11 Å². The number of anilines is 1. The maximum Gasteiger partial charge on any atom is 0.150 e. The lowest BCUT2D eigenvalue weighted by Gasteiger charge is -2.20. The van der Waals surface area contributed by atoms with Gasteiger partial charge in [0.25, 0.3) is 0 Å². The number of benzene rings is 1. The summed E-state index contributed by atoms with van der Waals surface area (Å²) in [6.45, 7) is 1.68. The van der Waals surface area contributed by atoms with E-state index in [0.717, 1.165) is 36.0 Å². The Morgan fingerprint density at radius 2 is 2.25 bits per heavy atom. The van der Waals surface area contributed by atoms with Crippen molar-refractivity contribution in [1.29, 1.82) is 0 Å². The minimum absolute atomic E-state index is 0.681. The lowest BCUT2D eigenvalue weighted by Crippen LogP contribution is -2.20. The second-order valence-corrected chi connectivity index (χ2v) is 4.45. The molecule has 0 atom stereocenters. The second kappa shape index (κ2) is 6.66. The van der Waals surface area contributed by atoms with E-state index in [2.05, 4.69) is 20.8 Å². The van der Waals surface area contributed by atoms with Gasteiger partial charge in [0.05, 0.1) is 5.69 Å². The number of nitrogens with zero attached hydrogens (tertiary/aromatic N) is 1. The van der Waals surface area contributed by atoms with Crippen molar-refractivity contribution in [2.75, 3.05) is 32.2 Å².